The van der Waals surface area contributed by atoms with Gasteiger partial charge in [0.2, 0.25) is 5.13 Å². The van der Waals surface area contributed by atoms with Crippen LogP contribution in [0.15, 0.2) is 0 Å². The maximum absolute atomic E-state index is 4.48. The minimum Gasteiger partial charge on any atom is -0.347 e. The van der Waals surface area contributed by atoms with Gasteiger partial charge in [0.15, 0.2) is 0 Å². The van der Waals surface area contributed by atoms with E-state index in [9.17, 15) is 0 Å². The Morgan fingerprint density at radius 2 is 1.93 bits per heavy atom. The lowest BCUT2D eigenvalue weighted by Gasteiger charge is -2.24. The fourth-order valence-corrected chi connectivity index (χ4v) is 2.31. The molecule has 0 radical (unpaired) electrons. The van der Waals surface area contributed by atoms with Crippen LogP contribution in [-0.2, 0) is 6.42 Å². The first kappa shape index (κ1) is 11.4. The van der Waals surface area contributed by atoms with Gasteiger partial charge < -0.3 is 4.90 Å². The molecule has 0 N–H and O–H groups in total. The van der Waals surface area contributed by atoms with Crippen LogP contribution in [0, 0.1) is 0 Å². The predicted molar refractivity (Wildman–Crippen MR) is 62.1 cm³/mol. The van der Waals surface area contributed by atoms with Gasteiger partial charge in [0.25, 0.3) is 0 Å². The van der Waals surface area contributed by atoms with Crippen LogP contribution in [-0.4, -0.2) is 22.4 Å². The molecule has 1 rings (SSSR count). The van der Waals surface area contributed by atoms with Crippen molar-refractivity contribution in [2.45, 2.75) is 46.1 Å². The van der Waals surface area contributed by atoms with Gasteiger partial charge in [0.05, 0.1) is 0 Å². The summed E-state index contributed by atoms with van der Waals surface area (Å²) in [4.78, 5) is 6.73. The zero-order valence-electron chi connectivity index (χ0n) is 9.45. The molecular formula is C10H19N3S. The molecule has 0 bridgehead atoms. The molecule has 1 heterocycles. The molecule has 0 saturated heterocycles. The van der Waals surface area contributed by atoms with Gasteiger partial charge >= 0.3 is 0 Å². The maximum atomic E-state index is 4.48. The molecule has 1 aromatic heterocycles. The van der Waals surface area contributed by atoms with E-state index in [2.05, 4.69) is 42.1 Å². The Kier molecular flexibility index (Phi) is 4.32. The highest BCUT2D eigenvalue weighted by atomic mass is 32.1. The van der Waals surface area contributed by atoms with Crippen molar-refractivity contribution in [2.24, 2.45) is 0 Å². The summed E-state index contributed by atoms with van der Waals surface area (Å²) < 4.78 is 4.30. The van der Waals surface area contributed by atoms with Crippen LogP contribution in [0.2, 0.25) is 0 Å². The summed E-state index contributed by atoms with van der Waals surface area (Å²) in [7, 11) is 2.11. The Bertz CT molecular complexity index is 268. The highest BCUT2D eigenvalue weighted by Gasteiger charge is 2.14. The number of anilines is 1. The van der Waals surface area contributed by atoms with E-state index in [4.69, 9.17) is 0 Å². The lowest BCUT2D eigenvalue weighted by Crippen LogP contribution is -2.30. The van der Waals surface area contributed by atoms with Crippen LogP contribution in [0.3, 0.4) is 0 Å². The number of aromatic nitrogens is 2. The molecule has 0 aliphatic heterocycles. The van der Waals surface area contributed by atoms with Gasteiger partial charge in [-0.15, -0.1) is 0 Å². The monoisotopic (exact) mass is 213 g/mol. The second-order valence-electron chi connectivity index (χ2n) is 3.43. The van der Waals surface area contributed by atoms with E-state index in [1.807, 2.05) is 0 Å². The standard InChI is InChI=1S/C10H19N3S/c1-5-8(6-2)13(4)10-11-9(7-3)12-14-10/h8H,5-7H2,1-4H3. The largest absolute Gasteiger partial charge is 0.347 e. The Balaban J connectivity index is 2.72. The summed E-state index contributed by atoms with van der Waals surface area (Å²) in [5.74, 6) is 0.961. The van der Waals surface area contributed by atoms with Gasteiger partial charge in [0, 0.05) is 31.0 Å². The van der Waals surface area contributed by atoms with Crippen LogP contribution in [0.5, 0.6) is 0 Å². The van der Waals surface area contributed by atoms with Crippen LogP contribution >= 0.6 is 11.5 Å². The Labute approximate surface area is 90.3 Å². The fraction of sp³-hybridized carbons (Fsp3) is 0.800. The van der Waals surface area contributed by atoms with Crippen LogP contribution < -0.4 is 4.90 Å². The second kappa shape index (κ2) is 5.29. The summed E-state index contributed by atoms with van der Waals surface area (Å²) in [5, 5.41) is 1.05. The van der Waals surface area contributed by atoms with Crippen LogP contribution in [0.25, 0.3) is 0 Å². The quantitative estimate of drug-likeness (QED) is 0.753. The molecule has 0 atom stereocenters. The van der Waals surface area contributed by atoms with E-state index < -0.39 is 0 Å². The molecule has 0 unspecified atom stereocenters. The molecule has 0 saturated carbocycles. The van der Waals surface area contributed by atoms with Gasteiger partial charge in [-0.2, -0.15) is 4.37 Å². The summed E-state index contributed by atoms with van der Waals surface area (Å²) in [6, 6.07) is 0.590. The first-order valence-corrected chi connectivity index (χ1v) is 6.05. The van der Waals surface area contributed by atoms with Gasteiger partial charge in [0.1, 0.15) is 5.82 Å². The predicted octanol–water partition coefficient (Wildman–Crippen LogP) is 2.73. The molecule has 0 fully saturated rings. The number of aryl methyl sites for hydroxylation is 1. The van der Waals surface area contributed by atoms with E-state index in [-0.39, 0.29) is 0 Å². The van der Waals surface area contributed by atoms with Crippen molar-refractivity contribution in [1.29, 1.82) is 0 Å². The summed E-state index contributed by atoms with van der Waals surface area (Å²) in [6.45, 7) is 6.52. The number of rotatable bonds is 5. The lowest BCUT2D eigenvalue weighted by atomic mass is 10.1. The van der Waals surface area contributed by atoms with Crippen molar-refractivity contribution in [3.05, 3.63) is 5.82 Å². The van der Waals surface area contributed by atoms with Gasteiger partial charge in [-0.05, 0) is 12.8 Å². The van der Waals surface area contributed by atoms with Gasteiger partial charge in [-0.25, -0.2) is 4.98 Å². The van der Waals surface area contributed by atoms with E-state index in [1.54, 1.807) is 0 Å². The topological polar surface area (TPSA) is 29.0 Å². The molecule has 0 aromatic carbocycles. The van der Waals surface area contributed by atoms with Crippen molar-refractivity contribution in [1.82, 2.24) is 9.36 Å². The smallest absolute Gasteiger partial charge is 0.205 e. The summed E-state index contributed by atoms with van der Waals surface area (Å²) in [5.41, 5.74) is 0. The molecule has 3 nitrogen and oxygen atoms in total. The average Bonchev–Trinajstić information content (AvgIpc) is 2.67. The molecule has 80 valence electrons. The minimum atomic E-state index is 0.590. The average molecular weight is 213 g/mol. The van der Waals surface area contributed by atoms with Crippen molar-refractivity contribution < 1.29 is 0 Å². The Morgan fingerprint density at radius 3 is 2.36 bits per heavy atom. The number of nitrogens with zero attached hydrogens (tertiary/aromatic N) is 3. The first-order chi connectivity index (χ1) is 6.72. The van der Waals surface area contributed by atoms with E-state index >= 15 is 0 Å². The van der Waals surface area contributed by atoms with E-state index in [0.717, 1.165) is 30.2 Å². The number of hydrogen-bond acceptors (Lipinski definition) is 4. The van der Waals surface area contributed by atoms with Crippen molar-refractivity contribution >= 4 is 16.7 Å². The van der Waals surface area contributed by atoms with Crippen LogP contribution in [0.1, 0.15) is 39.4 Å². The Hall–Kier alpha value is -0.640. The third-order valence-electron chi connectivity index (χ3n) is 2.57. The van der Waals surface area contributed by atoms with Crippen LogP contribution in [0.4, 0.5) is 5.13 Å². The molecule has 4 heteroatoms. The second-order valence-corrected chi connectivity index (χ2v) is 4.16. The zero-order chi connectivity index (χ0) is 10.6. The Morgan fingerprint density at radius 1 is 1.29 bits per heavy atom. The molecule has 1 aromatic rings. The van der Waals surface area contributed by atoms with Crippen molar-refractivity contribution in [3.8, 4) is 0 Å². The third-order valence-corrected chi connectivity index (χ3v) is 3.41. The highest BCUT2D eigenvalue weighted by Crippen LogP contribution is 2.20. The summed E-state index contributed by atoms with van der Waals surface area (Å²) in [6.07, 6.45) is 3.25. The highest BCUT2D eigenvalue weighted by molar-refractivity contribution is 7.09. The van der Waals surface area contributed by atoms with E-state index in [0.29, 0.717) is 6.04 Å². The zero-order valence-corrected chi connectivity index (χ0v) is 10.3. The molecular weight excluding hydrogens is 194 g/mol. The maximum Gasteiger partial charge on any atom is 0.205 e. The molecule has 0 spiro atoms. The minimum absolute atomic E-state index is 0.590. The normalized spacial score (nSPS) is 10.9. The number of hydrogen-bond donors (Lipinski definition) is 0. The third kappa shape index (κ3) is 2.44. The molecule has 0 aliphatic rings. The SMILES string of the molecule is CCc1nsc(N(C)C(CC)CC)n1. The molecule has 14 heavy (non-hydrogen) atoms. The first-order valence-electron chi connectivity index (χ1n) is 5.28. The molecule has 0 aliphatic carbocycles. The van der Waals surface area contributed by atoms with Gasteiger partial charge in [-0.1, -0.05) is 20.8 Å². The van der Waals surface area contributed by atoms with E-state index in [1.165, 1.54) is 11.5 Å². The summed E-state index contributed by atoms with van der Waals surface area (Å²) >= 11 is 1.51. The lowest BCUT2D eigenvalue weighted by molar-refractivity contribution is 0.590. The van der Waals surface area contributed by atoms with Gasteiger partial charge in [-0.3, -0.25) is 0 Å². The van der Waals surface area contributed by atoms with Crippen molar-refractivity contribution in [3.63, 3.8) is 0 Å². The fourth-order valence-electron chi connectivity index (χ4n) is 1.52. The van der Waals surface area contributed by atoms with Crippen molar-refractivity contribution in [2.75, 3.05) is 11.9 Å². The molecule has 0 amide bonds.